The molecule has 10 heteroatoms. The average Bonchev–Trinajstić information content (AvgIpc) is 3.28. The summed E-state index contributed by atoms with van der Waals surface area (Å²) < 4.78 is 6.60. The van der Waals surface area contributed by atoms with Crippen molar-refractivity contribution in [1.82, 2.24) is 20.1 Å². The summed E-state index contributed by atoms with van der Waals surface area (Å²) in [5.74, 6) is 0.0185. The second-order valence-electron chi connectivity index (χ2n) is 8.56. The van der Waals surface area contributed by atoms with Crippen LogP contribution in [0.2, 0.25) is 0 Å². The molecule has 1 heterocycles. The van der Waals surface area contributed by atoms with E-state index in [1.165, 1.54) is 18.9 Å². The maximum absolute atomic E-state index is 12.9. The van der Waals surface area contributed by atoms with Crippen LogP contribution in [0.4, 0.5) is 5.69 Å². The number of thioether (sulfide) groups is 1. The number of nitrogens with one attached hydrogen (secondary N) is 2. The molecule has 2 N–H and O–H groups in total. The minimum Gasteiger partial charge on any atom is -0.465 e. The van der Waals surface area contributed by atoms with E-state index >= 15 is 0 Å². The molecule has 190 valence electrons. The third-order valence-corrected chi connectivity index (χ3v) is 6.46. The van der Waals surface area contributed by atoms with Crippen molar-refractivity contribution in [3.63, 3.8) is 0 Å². The molecule has 0 spiro atoms. The molecular weight excluding hydrogens is 478 g/mol. The van der Waals surface area contributed by atoms with Crippen LogP contribution in [-0.4, -0.2) is 45.4 Å². The van der Waals surface area contributed by atoms with E-state index < -0.39 is 5.97 Å². The zero-order valence-corrected chi connectivity index (χ0v) is 21.9. The van der Waals surface area contributed by atoms with Crippen molar-refractivity contribution < 1.29 is 19.1 Å². The fourth-order valence-corrected chi connectivity index (χ4v) is 4.42. The number of hydrogen-bond donors (Lipinski definition) is 2. The van der Waals surface area contributed by atoms with Crippen molar-refractivity contribution >= 4 is 35.2 Å². The third-order valence-electron chi connectivity index (χ3n) is 5.50. The Hall–Kier alpha value is -3.66. The van der Waals surface area contributed by atoms with Gasteiger partial charge in [-0.3, -0.25) is 9.59 Å². The van der Waals surface area contributed by atoms with Crippen LogP contribution in [-0.2, 0) is 16.1 Å². The smallest absolute Gasteiger partial charge is 0.337 e. The second-order valence-corrected chi connectivity index (χ2v) is 9.50. The maximum atomic E-state index is 12.9. The van der Waals surface area contributed by atoms with Crippen LogP contribution in [0, 0.1) is 12.8 Å². The molecule has 1 aromatic heterocycles. The highest BCUT2D eigenvalue weighted by molar-refractivity contribution is 7.99. The van der Waals surface area contributed by atoms with Crippen molar-refractivity contribution in [2.75, 3.05) is 18.2 Å². The van der Waals surface area contributed by atoms with Gasteiger partial charge in [0.1, 0.15) is 0 Å². The number of carbonyl (C=O) groups is 3. The fourth-order valence-electron chi connectivity index (χ4n) is 3.61. The van der Waals surface area contributed by atoms with Crippen LogP contribution in [0.25, 0.3) is 0 Å². The van der Waals surface area contributed by atoms with Gasteiger partial charge in [0.2, 0.25) is 5.91 Å². The molecule has 0 bridgehead atoms. The van der Waals surface area contributed by atoms with Crippen molar-refractivity contribution in [2.45, 2.75) is 45.4 Å². The van der Waals surface area contributed by atoms with Gasteiger partial charge in [-0.1, -0.05) is 43.3 Å². The largest absolute Gasteiger partial charge is 0.465 e. The van der Waals surface area contributed by atoms with Gasteiger partial charge in [-0.15, -0.1) is 10.2 Å². The van der Waals surface area contributed by atoms with E-state index in [0.29, 0.717) is 34.3 Å². The van der Waals surface area contributed by atoms with Crippen LogP contribution in [0.5, 0.6) is 0 Å². The molecule has 0 aliphatic carbocycles. The highest BCUT2D eigenvalue weighted by atomic mass is 32.2. The number of anilines is 1. The summed E-state index contributed by atoms with van der Waals surface area (Å²) in [6.07, 6.45) is 0. The van der Waals surface area contributed by atoms with E-state index in [-0.39, 0.29) is 29.5 Å². The Morgan fingerprint density at radius 1 is 1.06 bits per heavy atom. The molecule has 3 aromatic rings. The molecule has 0 radical (unpaired) electrons. The monoisotopic (exact) mass is 509 g/mol. The number of esters is 1. The van der Waals surface area contributed by atoms with Crippen molar-refractivity contribution in [2.24, 2.45) is 5.92 Å². The van der Waals surface area contributed by atoms with Gasteiger partial charge in [-0.2, -0.15) is 0 Å². The quantitative estimate of drug-likeness (QED) is 0.310. The predicted molar refractivity (Wildman–Crippen MR) is 139 cm³/mol. The zero-order chi connectivity index (χ0) is 26.2. The molecule has 3 rings (SSSR count). The molecule has 0 aliphatic heterocycles. The first-order valence-corrected chi connectivity index (χ1v) is 12.6. The molecule has 2 aromatic carbocycles. The van der Waals surface area contributed by atoms with Crippen LogP contribution >= 0.6 is 11.8 Å². The SMILES string of the molecule is CCn1c(SCC(=O)Nc2ccc(C(=O)OC)cc2)nnc1[C@@H](NC(=O)c1cccc(C)c1)C(C)C. The van der Waals surface area contributed by atoms with E-state index in [0.717, 1.165) is 5.56 Å². The number of rotatable bonds is 10. The number of carbonyl (C=O) groups excluding carboxylic acids is 3. The lowest BCUT2D eigenvalue weighted by Gasteiger charge is -2.22. The van der Waals surface area contributed by atoms with Crippen molar-refractivity contribution in [3.05, 3.63) is 71.0 Å². The Kier molecular flexibility index (Phi) is 9.24. The number of ether oxygens (including phenoxy) is 1. The number of amides is 2. The van der Waals surface area contributed by atoms with Gasteiger partial charge >= 0.3 is 5.97 Å². The molecule has 9 nitrogen and oxygen atoms in total. The normalized spacial score (nSPS) is 11.7. The standard InChI is InChI=1S/C26H31N5O4S/c1-6-31-23(22(16(2)3)28-24(33)19-9-7-8-17(4)14-19)29-30-26(31)36-15-21(32)27-20-12-10-18(11-13-20)25(34)35-5/h7-14,16,22H,6,15H2,1-5H3,(H,27,32)(H,28,33)/t22-/m0/s1. The average molecular weight is 510 g/mol. The van der Waals surface area contributed by atoms with E-state index in [9.17, 15) is 14.4 Å². The molecule has 0 fully saturated rings. The van der Waals surface area contributed by atoms with E-state index in [1.54, 1.807) is 30.3 Å². The van der Waals surface area contributed by atoms with E-state index in [2.05, 4.69) is 25.6 Å². The van der Waals surface area contributed by atoms with Crippen molar-refractivity contribution in [1.29, 1.82) is 0 Å². The lowest BCUT2D eigenvalue weighted by molar-refractivity contribution is -0.113. The molecule has 36 heavy (non-hydrogen) atoms. The Bertz CT molecular complexity index is 1220. The first kappa shape index (κ1) is 26.9. The number of aromatic nitrogens is 3. The Labute approximate surface area is 215 Å². The number of aryl methyl sites for hydroxylation is 1. The summed E-state index contributed by atoms with van der Waals surface area (Å²) in [4.78, 5) is 37.0. The summed E-state index contributed by atoms with van der Waals surface area (Å²) in [5.41, 5.74) is 2.58. The topological polar surface area (TPSA) is 115 Å². The number of methoxy groups -OCH3 is 1. The Morgan fingerprint density at radius 3 is 2.39 bits per heavy atom. The molecule has 0 saturated heterocycles. The van der Waals surface area contributed by atoms with Gasteiger partial charge < -0.3 is 19.9 Å². The first-order valence-electron chi connectivity index (χ1n) is 11.6. The zero-order valence-electron chi connectivity index (χ0n) is 21.1. The number of hydrogen-bond acceptors (Lipinski definition) is 7. The number of nitrogens with zero attached hydrogens (tertiary/aromatic N) is 3. The summed E-state index contributed by atoms with van der Waals surface area (Å²) in [7, 11) is 1.32. The highest BCUT2D eigenvalue weighted by Gasteiger charge is 2.26. The number of benzene rings is 2. The summed E-state index contributed by atoms with van der Waals surface area (Å²) >= 11 is 1.27. The van der Waals surface area contributed by atoms with Crippen LogP contribution in [0.15, 0.2) is 53.7 Å². The summed E-state index contributed by atoms with van der Waals surface area (Å²) in [6, 6.07) is 13.6. The summed E-state index contributed by atoms with van der Waals surface area (Å²) in [6.45, 7) is 8.54. The minimum atomic E-state index is -0.437. The van der Waals surface area contributed by atoms with Gasteiger partial charge in [0.15, 0.2) is 11.0 Å². The van der Waals surface area contributed by atoms with Gasteiger partial charge in [0.05, 0.1) is 24.5 Å². The fraction of sp³-hybridized carbons (Fsp3) is 0.346. The maximum Gasteiger partial charge on any atom is 0.337 e. The van der Waals surface area contributed by atoms with Crippen LogP contribution in [0.3, 0.4) is 0 Å². The van der Waals surface area contributed by atoms with Crippen LogP contribution in [0.1, 0.15) is 58.9 Å². The predicted octanol–water partition coefficient (Wildman–Crippen LogP) is 4.25. The highest BCUT2D eigenvalue weighted by Crippen LogP contribution is 2.26. The van der Waals surface area contributed by atoms with Gasteiger partial charge in [0.25, 0.3) is 5.91 Å². The van der Waals surface area contributed by atoms with Gasteiger partial charge in [-0.05, 0) is 56.2 Å². The minimum absolute atomic E-state index is 0.0716. The van der Waals surface area contributed by atoms with Crippen molar-refractivity contribution in [3.8, 4) is 0 Å². The lowest BCUT2D eigenvalue weighted by Crippen LogP contribution is -2.33. The second kappa shape index (κ2) is 12.3. The summed E-state index contributed by atoms with van der Waals surface area (Å²) in [5, 5.41) is 15.2. The molecule has 2 amide bonds. The molecule has 0 saturated carbocycles. The van der Waals surface area contributed by atoms with Gasteiger partial charge in [-0.25, -0.2) is 4.79 Å². The Morgan fingerprint density at radius 2 is 1.78 bits per heavy atom. The van der Waals surface area contributed by atoms with Gasteiger partial charge in [0, 0.05) is 17.8 Å². The third kappa shape index (κ3) is 6.72. The molecule has 1 atom stereocenters. The molecule has 0 unspecified atom stereocenters. The molecule has 0 aliphatic rings. The molecular formula is C26H31N5O4S. The van der Waals surface area contributed by atoms with Crippen LogP contribution < -0.4 is 10.6 Å². The van der Waals surface area contributed by atoms with E-state index in [1.807, 2.05) is 50.5 Å². The van der Waals surface area contributed by atoms with E-state index in [4.69, 9.17) is 0 Å². The lowest BCUT2D eigenvalue weighted by atomic mass is 10.0. The Balaban J connectivity index is 1.67. The first-order chi connectivity index (χ1) is 17.2.